The predicted octanol–water partition coefficient (Wildman–Crippen LogP) is 3.44. The van der Waals surface area contributed by atoms with E-state index < -0.39 is 0 Å². The van der Waals surface area contributed by atoms with Crippen molar-refractivity contribution >= 4 is 17.3 Å². The molecule has 1 heterocycles. The van der Waals surface area contributed by atoms with E-state index in [0.29, 0.717) is 13.1 Å². The minimum absolute atomic E-state index is 0.215. The Morgan fingerprint density at radius 3 is 2.87 bits per heavy atom. The molecule has 4 nitrogen and oxygen atoms in total. The van der Waals surface area contributed by atoms with Gasteiger partial charge in [-0.1, -0.05) is 19.1 Å². The van der Waals surface area contributed by atoms with Gasteiger partial charge < -0.3 is 10.2 Å². The summed E-state index contributed by atoms with van der Waals surface area (Å²) in [5, 5.41) is 4.28. The number of hydrogen-bond donors (Lipinski definition) is 1. The molecule has 0 spiro atoms. The first kappa shape index (κ1) is 17.4. The van der Waals surface area contributed by atoms with Crippen molar-refractivity contribution in [1.29, 1.82) is 0 Å². The topological polar surface area (TPSA) is 40.5 Å². The van der Waals surface area contributed by atoms with Crippen molar-refractivity contribution < 1.29 is 4.39 Å². The summed E-state index contributed by atoms with van der Waals surface area (Å²) in [6, 6.07) is 6.65. The summed E-state index contributed by atoms with van der Waals surface area (Å²) in [5.74, 6) is 0.581. The van der Waals surface area contributed by atoms with Crippen molar-refractivity contribution in [3.05, 3.63) is 51.7 Å². The molecule has 0 aliphatic heterocycles. The number of aromatic nitrogens is 1. The Kier molecular flexibility index (Phi) is 6.52. The Hall–Kier alpha value is -1.95. The fourth-order valence-electron chi connectivity index (χ4n) is 2.18. The van der Waals surface area contributed by atoms with Gasteiger partial charge in [-0.25, -0.2) is 14.4 Å². The Morgan fingerprint density at radius 1 is 1.39 bits per heavy atom. The quantitative estimate of drug-likeness (QED) is 0.650. The molecule has 0 fully saturated rings. The van der Waals surface area contributed by atoms with Crippen molar-refractivity contribution in [1.82, 2.24) is 15.2 Å². The number of aliphatic imine (C=N–C) groups is 1. The van der Waals surface area contributed by atoms with Crippen LogP contribution in [0.1, 0.15) is 29.3 Å². The highest BCUT2D eigenvalue weighted by Crippen LogP contribution is 2.14. The Balaban J connectivity index is 2.04. The zero-order valence-electron chi connectivity index (χ0n) is 13.8. The van der Waals surface area contributed by atoms with Gasteiger partial charge in [0, 0.05) is 31.2 Å². The van der Waals surface area contributed by atoms with Gasteiger partial charge in [-0.2, -0.15) is 0 Å². The molecule has 0 saturated carbocycles. The highest BCUT2D eigenvalue weighted by atomic mass is 32.1. The first-order chi connectivity index (χ1) is 11.1. The second-order valence-electron chi connectivity index (χ2n) is 5.23. The van der Waals surface area contributed by atoms with E-state index in [-0.39, 0.29) is 5.82 Å². The number of rotatable bonds is 6. The third kappa shape index (κ3) is 5.32. The van der Waals surface area contributed by atoms with Gasteiger partial charge in [-0.05, 0) is 31.0 Å². The zero-order chi connectivity index (χ0) is 16.7. The van der Waals surface area contributed by atoms with Crippen LogP contribution in [-0.2, 0) is 19.5 Å². The van der Waals surface area contributed by atoms with Gasteiger partial charge in [0.05, 0.1) is 6.54 Å². The number of guanidine groups is 1. The molecule has 1 N–H and O–H groups in total. The fraction of sp³-hybridized carbons (Fsp3) is 0.412. The van der Waals surface area contributed by atoms with Crippen LogP contribution in [0, 0.1) is 5.82 Å². The second-order valence-corrected chi connectivity index (χ2v) is 6.43. The summed E-state index contributed by atoms with van der Waals surface area (Å²) in [6.45, 7) is 6.09. The van der Waals surface area contributed by atoms with Gasteiger partial charge in [0.15, 0.2) is 5.96 Å². The molecule has 6 heteroatoms. The Labute approximate surface area is 141 Å². The maximum Gasteiger partial charge on any atom is 0.194 e. The van der Waals surface area contributed by atoms with Gasteiger partial charge in [0.25, 0.3) is 0 Å². The van der Waals surface area contributed by atoms with Gasteiger partial charge in [-0.15, -0.1) is 11.3 Å². The van der Waals surface area contributed by atoms with Crippen LogP contribution in [0.4, 0.5) is 4.39 Å². The predicted molar refractivity (Wildman–Crippen MR) is 94.2 cm³/mol. The Bertz CT molecular complexity index is 654. The molecule has 0 aliphatic carbocycles. The van der Waals surface area contributed by atoms with Crippen LogP contribution in [0.15, 0.2) is 35.5 Å². The van der Waals surface area contributed by atoms with E-state index in [1.165, 1.54) is 10.9 Å². The van der Waals surface area contributed by atoms with Crippen LogP contribution < -0.4 is 5.32 Å². The molecular weight excluding hydrogens is 311 g/mol. The average Bonchev–Trinajstić information content (AvgIpc) is 2.99. The lowest BCUT2D eigenvalue weighted by Crippen LogP contribution is -2.38. The first-order valence-corrected chi connectivity index (χ1v) is 8.61. The van der Waals surface area contributed by atoms with E-state index >= 15 is 0 Å². The third-order valence-corrected chi connectivity index (χ3v) is 4.45. The number of nitrogens with one attached hydrogen (secondary N) is 1. The number of nitrogens with zero attached hydrogens (tertiary/aromatic N) is 3. The van der Waals surface area contributed by atoms with E-state index in [4.69, 9.17) is 0 Å². The molecule has 1 aromatic heterocycles. The van der Waals surface area contributed by atoms with Crippen molar-refractivity contribution in [2.24, 2.45) is 4.99 Å². The van der Waals surface area contributed by atoms with Crippen molar-refractivity contribution in [2.75, 3.05) is 13.6 Å². The SMILES string of the molecule is CCNC(=NCc1ncc(CC)s1)N(C)Cc1cccc(F)c1. The number of thiazole rings is 1. The molecule has 0 aliphatic rings. The number of halogens is 1. The van der Waals surface area contributed by atoms with Gasteiger partial charge in [0.1, 0.15) is 10.8 Å². The van der Waals surface area contributed by atoms with Crippen LogP contribution >= 0.6 is 11.3 Å². The van der Waals surface area contributed by atoms with E-state index in [1.54, 1.807) is 23.5 Å². The lowest BCUT2D eigenvalue weighted by Gasteiger charge is -2.22. The average molecular weight is 334 g/mol. The molecule has 2 aromatic rings. The van der Waals surface area contributed by atoms with Gasteiger partial charge in [0.2, 0.25) is 0 Å². The van der Waals surface area contributed by atoms with E-state index in [0.717, 1.165) is 29.5 Å². The van der Waals surface area contributed by atoms with Gasteiger partial charge >= 0.3 is 0 Å². The van der Waals surface area contributed by atoms with E-state index in [9.17, 15) is 4.39 Å². The fourth-order valence-corrected chi connectivity index (χ4v) is 2.97. The summed E-state index contributed by atoms with van der Waals surface area (Å²) in [6.07, 6.45) is 2.92. The molecule has 124 valence electrons. The van der Waals surface area contributed by atoms with Crippen molar-refractivity contribution in [2.45, 2.75) is 33.4 Å². The van der Waals surface area contributed by atoms with Gasteiger partial charge in [-0.3, -0.25) is 0 Å². The van der Waals surface area contributed by atoms with Crippen LogP contribution in [0.5, 0.6) is 0 Å². The Morgan fingerprint density at radius 2 is 2.22 bits per heavy atom. The summed E-state index contributed by atoms with van der Waals surface area (Å²) in [4.78, 5) is 12.3. The first-order valence-electron chi connectivity index (χ1n) is 7.79. The molecule has 0 unspecified atom stereocenters. The molecular formula is C17H23FN4S. The standard InChI is InChI=1S/C17H23FN4S/c1-4-15-10-20-16(23-15)11-21-17(19-5-2)22(3)12-13-7-6-8-14(18)9-13/h6-10H,4-5,11-12H2,1-3H3,(H,19,21). The second kappa shape index (κ2) is 8.62. The summed E-state index contributed by atoms with van der Waals surface area (Å²) in [5.41, 5.74) is 0.917. The largest absolute Gasteiger partial charge is 0.357 e. The molecule has 0 radical (unpaired) electrons. The monoisotopic (exact) mass is 334 g/mol. The number of aryl methyl sites for hydroxylation is 1. The lowest BCUT2D eigenvalue weighted by atomic mass is 10.2. The number of benzene rings is 1. The number of hydrogen-bond acceptors (Lipinski definition) is 3. The van der Waals surface area contributed by atoms with Crippen LogP contribution in [0.3, 0.4) is 0 Å². The minimum atomic E-state index is -0.215. The maximum absolute atomic E-state index is 13.3. The molecule has 0 saturated heterocycles. The van der Waals surface area contributed by atoms with Crippen molar-refractivity contribution in [3.8, 4) is 0 Å². The summed E-state index contributed by atoms with van der Waals surface area (Å²) >= 11 is 1.70. The van der Waals surface area contributed by atoms with Crippen LogP contribution in [0.25, 0.3) is 0 Å². The van der Waals surface area contributed by atoms with Crippen LogP contribution in [0.2, 0.25) is 0 Å². The molecule has 0 bridgehead atoms. The molecule has 2 rings (SSSR count). The summed E-state index contributed by atoms with van der Waals surface area (Å²) in [7, 11) is 1.95. The van der Waals surface area contributed by atoms with E-state index in [2.05, 4.69) is 22.2 Å². The van der Waals surface area contributed by atoms with Crippen molar-refractivity contribution in [3.63, 3.8) is 0 Å². The molecule has 0 atom stereocenters. The summed E-state index contributed by atoms with van der Waals surface area (Å²) < 4.78 is 13.3. The lowest BCUT2D eigenvalue weighted by molar-refractivity contribution is 0.474. The molecule has 1 aromatic carbocycles. The molecule has 23 heavy (non-hydrogen) atoms. The van der Waals surface area contributed by atoms with E-state index in [1.807, 2.05) is 31.1 Å². The highest BCUT2D eigenvalue weighted by Gasteiger charge is 2.08. The zero-order valence-corrected chi connectivity index (χ0v) is 14.7. The smallest absolute Gasteiger partial charge is 0.194 e. The van der Waals surface area contributed by atoms with Crippen LogP contribution in [-0.4, -0.2) is 29.4 Å². The highest BCUT2D eigenvalue weighted by molar-refractivity contribution is 7.11. The maximum atomic E-state index is 13.3. The molecule has 0 amide bonds. The normalized spacial score (nSPS) is 11.6. The minimum Gasteiger partial charge on any atom is -0.357 e. The third-order valence-electron chi connectivity index (χ3n) is 3.32.